The summed E-state index contributed by atoms with van der Waals surface area (Å²) >= 11 is 6.14. The number of hydrogen-bond acceptors (Lipinski definition) is 10. The highest BCUT2D eigenvalue weighted by Gasteiger charge is 2.52. The first-order chi connectivity index (χ1) is 49.4. The molecule has 1 fully saturated rings. The molecule has 16 aromatic rings. The van der Waals surface area contributed by atoms with Crippen LogP contribution in [0.4, 0.5) is 0 Å². The largest absolute Gasteiger partial charge is 0.494 e. The van der Waals surface area contributed by atoms with Gasteiger partial charge >= 0.3 is 7.12 Å². The summed E-state index contributed by atoms with van der Waals surface area (Å²) in [5.41, 5.74) is 22.1. The zero-order chi connectivity index (χ0) is 69.7. The minimum atomic E-state index is -0.352. The van der Waals surface area contributed by atoms with Gasteiger partial charge in [0.2, 0.25) is 0 Å². The summed E-state index contributed by atoms with van der Waals surface area (Å²) in [6.45, 7) is 17.6. The van der Waals surface area contributed by atoms with E-state index >= 15 is 0 Å². The van der Waals surface area contributed by atoms with Gasteiger partial charge in [-0.05, 0) is 149 Å². The molecule has 10 nitrogen and oxygen atoms in total. The molecule has 0 unspecified atom stereocenters. The van der Waals surface area contributed by atoms with Gasteiger partial charge in [-0.1, -0.05) is 258 Å². The van der Waals surface area contributed by atoms with Crippen LogP contribution in [0.5, 0.6) is 0 Å². The second kappa shape index (κ2) is 25.0. The minimum Gasteiger partial charge on any atom is -0.456 e. The number of furan rings is 2. The maximum Gasteiger partial charge on any atom is 0.494 e. The van der Waals surface area contributed by atoms with Crippen LogP contribution in [0.2, 0.25) is 5.02 Å². The number of para-hydroxylation sites is 2. The maximum absolute atomic E-state index is 6.32. The topological polar surface area (TPSA) is 122 Å². The predicted octanol–water partition coefficient (Wildman–Crippen LogP) is 22.5. The Morgan fingerprint density at radius 3 is 1.05 bits per heavy atom. The molecule has 0 spiro atoms. The zero-order valence-electron chi connectivity index (χ0n) is 57.8. The Kier molecular flexibility index (Phi) is 15.7. The van der Waals surface area contributed by atoms with Crippen LogP contribution in [0.25, 0.3) is 146 Å². The van der Waals surface area contributed by atoms with Crippen LogP contribution >= 0.6 is 11.6 Å². The Morgan fingerprint density at radius 1 is 0.265 bits per heavy atom. The molecule has 0 radical (unpaired) electrons. The lowest BCUT2D eigenvalue weighted by Crippen LogP contribution is -2.41. The van der Waals surface area contributed by atoms with Gasteiger partial charge in [0.25, 0.3) is 0 Å². The number of rotatable bonds is 8. The molecule has 0 bridgehead atoms. The molecule has 0 saturated carbocycles. The quantitative estimate of drug-likeness (QED) is 0.136. The van der Waals surface area contributed by atoms with Crippen molar-refractivity contribution in [1.82, 2.24) is 29.9 Å². The highest BCUT2D eigenvalue weighted by atomic mass is 35.5. The molecule has 0 atom stereocenters. The highest BCUT2D eigenvalue weighted by Crippen LogP contribution is 2.53. The van der Waals surface area contributed by atoms with E-state index in [0.717, 1.165) is 83.1 Å². The van der Waals surface area contributed by atoms with Crippen LogP contribution in [0.3, 0.4) is 0 Å². The molecular weight excluding hydrogens is 1280 g/mol. The van der Waals surface area contributed by atoms with E-state index in [0.29, 0.717) is 40.0 Å². The maximum atomic E-state index is 6.32. The summed E-state index contributed by atoms with van der Waals surface area (Å²) in [7, 11) is -0.352. The Balaban J connectivity index is 0.000000120. The number of hydrogen-bond donors (Lipinski definition) is 0. The SMILES string of the molecule is CC1(C)c2cc(-c3cccc(-c4nc(-c5ccccc5)nc(-c5ccccc5)n4)c3)ccc2-c2cc3c(cc21)oc1ccccc13.CC1(C)c2cc(B3OC(C)(C)C(C)(C)O3)ccc2-c2cc3c(cc21)oc1ccccc13.Clc1cccc(-c2nc(-c3ccccc3)nc(-c3ccccc3)n2)c1. The van der Waals surface area contributed by atoms with Crippen molar-refractivity contribution in [3.63, 3.8) is 0 Å². The third kappa shape index (κ3) is 11.4. The third-order valence-corrected chi connectivity index (χ3v) is 21.1. The molecule has 19 rings (SSSR count). The summed E-state index contributed by atoms with van der Waals surface area (Å²) < 4.78 is 25.1. The average Bonchev–Trinajstić information content (AvgIpc) is 1.56. The summed E-state index contributed by atoms with van der Waals surface area (Å²) in [6, 6.07) is 95.2. The molecule has 494 valence electrons. The van der Waals surface area contributed by atoms with Crippen molar-refractivity contribution >= 4 is 68.1 Å². The van der Waals surface area contributed by atoms with E-state index in [1.54, 1.807) is 0 Å². The summed E-state index contributed by atoms with van der Waals surface area (Å²) in [5, 5.41) is 5.31. The molecule has 12 aromatic carbocycles. The van der Waals surface area contributed by atoms with Crippen molar-refractivity contribution in [2.24, 2.45) is 0 Å². The Hall–Kier alpha value is -11.5. The van der Waals surface area contributed by atoms with Crippen molar-refractivity contribution in [3.8, 4) is 102 Å². The van der Waals surface area contributed by atoms with Gasteiger partial charge in [0.15, 0.2) is 34.9 Å². The monoisotopic (exact) mass is 1340 g/mol. The lowest BCUT2D eigenvalue weighted by molar-refractivity contribution is 0.00578. The van der Waals surface area contributed by atoms with Crippen molar-refractivity contribution in [2.45, 2.75) is 77.4 Å². The van der Waals surface area contributed by atoms with Crippen LogP contribution in [-0.4, -0.2) is 48.2 Å². The van der Waals surface area contributed by atoms with Crippen LogP contribution in [0.15, 0.2) is 288 Å². The number of halogens is 1. The number of fused-ring (bicyclic) bond motifs is 12. The molecule has 12 heteroatoms. The van der Waals surface area contributed by atoms with Gasteiger partial charge in [0, 0.05) is 70.8 Å². The van der Waals surface area contributed by atoms with E-state index in [4.69, 9.17) is 44.7 Å². The van der Waals surface area contributed by atoms with Crippen LogP contribution < -0.4 is 5.46 Å². The zero-order valence-corrected chi connectivity index (χ0v) is 58.6. The summed E-state index contributed by atoms with van der Waals surface area (Å²) in [4.78, 5) is 28.8. The fourth-order valence-corrected chi connectivity index (χ4v) is 14.8. The van der Waals surface area contributed by atoms with Gasteiger partial charge in [-0.3, -0.25) is 0 Å². The molecule has 0 N–H and O–H groups in total. The van der Waals surface area contributed by atoms with E-state index in [1.807, 2.05) is 170 Å². The number of nitrogens with zero attached hydrogens (tertiary/aromatic N) is 6. The van der Waals surface area contributed by atoms with E-state index in [2.05, 4.69) is 180 Å². The molecule has 5 heterocycles. The highest BCUT2D eigenvalue weighted by molar-refractivity contribution is 6.62. The number of aromatic nitrogens is 6. The number of benzene rings is 12. The average molecular weight is 1350 g/mol. The normalized spacial score (nSPS) is 14.7. The van der Waals surface area contributed by atoms with Crippen LogP contribution in [0, 0.1) is 0 Å². The van der Waals surface area contributed by atoms with Gasteiger partial charge in [0.1, 0.15) is 22.3 Å². The van der Waals surface area contributed by atoms with Crippen LogP contribution in [0.1, 0.15) is 77.6 Å². The Bertz CT molecular complexity index is 5800. The Morgan fingerprint density at radius 2 is 0.608 bits per heavy atom. The smallest absolute Gasteiger partial charge is 0.456 e. The van der Waals surface area contributed by atoms with E-state index in [1.165, 1.54) is 55.3 Å². The van der Waals surface area contributed by atoms with Crippen molar-refractivity contribution in [1.29, 1.82) is 0 Å². The molecule has 4 aromatic heterocycles. The van der Waals surface area contributed by atoms with Gasteiger partial charge in [-0.15, -0.1) is 0 Å². The van der Waals surface area contributed by atoms with E-state index in [9.17, 15) is 0 Å². The standard InChI is InChI=1S/C42H29N3O.C27H27BO3.C21H14ClN3/c1-42(2)35-23-29(20-21-31(35)33-24-34-32-18-9-10-19-37(32)46-38(34)25-36(33)42)28-16-11-17-30(22-28)41-44-39(26-12-5-3-6-13-26)43-40(45-41)27-14-7-4-8-15-27;1-25(2)21-13-16(28-30-26(3,4)27(5,6)31-28)11-12-17(21)19-14-20-18-9-7-8-10-23(18)29-24(20)15-22(19)25;22-18-13-7-12-17(14-18)21-24-19(15-8-3-1-4-9-15)23-20(25-21)16-10-5-2-6-11-16/h3-25H,1-2H3;7-15H,1-6H3;1-14H. The lowest BCUT2D eigenvalue weighted by Gasteiger charge is -2.32. The first-order valence-electron chi connectivity index (χ1n) is 34.6. The summed E-state index contributed by atoms with van der Waals surface area (Å²) in [6.07, 6.45) is 0. The second-order valence-electron chi connectivity index (χ2n) is 28.6. The lowest BCUT2D eigenvalue weighted by atomic mass is 9.74. The first-order valence-corrected chi connectivity index (χ1v) is 35.0. The molecule has 1 saturated heterocycles. The van der Waals surface area contributed by atoms with E-state index < -0.39 is 0 Å². The van der Waals surface area contributed by atoms with Gasteiger partial charge in [-0.25, -0.2) is 29.9 Å². The minimum absolute atomic E-state index is 0.127. The van der Waals surface area contributed by atoms with Crippen LogP contribution in [-0.2, 0) is 20.1 Å². The van der Waals surface area contributed by atoms with E-state index in [-0.39, 0.29) is 29.2 Å². The van der Waals surface area contributed by atoms with Gasteiger partial charge in [-0.2, -0.15) is 0 Å². The predicted molar refractivity (Wildman–Crippen MR) is 415 cm³/mol. The fraction of sp³-hybridized carbons (Fsp3) is 0.133. The second-order valence-corrected chi connectivity index (χ2v) is 29.0. The molecule has 3 aliphatic rings. The molecule has 1 aliphatic heterocycles. The summed E-state index contributed by atoms with van der Waals surface area (Å²) in [5.74, 6) is 3.86. The Labute approximate surface area is 597 Å². The van der Waals surface area contributed by atoms with Crippen molar-refractivity contribution in [3.05, 3.63) is 306 Å². The molecular formula is C90H70BClN6O4. The third-order valence-electron chi connectivity index (χ3n) is 20.8. The molecule has 102 heavy (non-hydrogen) atoms. The van der Waals surface area contributed by atoms with Crippen molar-refractivity contribution in [2.75, 3.05) is 0 Å². The van der Waals surface area contributed by atoms with Gasteiger partial charge in [0.05, 0.1) is 11.2 Å². The van der Waals surface area contributed by atoms with Gasteiger partial charge < -0.3 is 18.1 Å². The fourth-order valence-electron chi connectivity index (χ4n) is 14.6. The van der Waals surface area contributed by atoms with Crippen molar-refractivity contribution < 1.29 is 18.1 Å². The molecule has 2 aliphatic carbocycles. The first kappa shape index (κ1) is 63.9. The molecule has 0 amide bonds.